The van der Waals surface area contributed by atoms with Crippen molar-refractivity contribution in [3.8, 4) is 5.75 Å². The first kappa shape index (κ1) is 21.4. The molecule has 0 unspecified atom stereocenters. The normalized spacial score (nSPS) is 14.0. The van der Waals surface area contributed by atoms with Crippen molar-refractivity contribution in [3.63, 3.8) is 0 Å². The number of carbonyl (C=O) groups is 1. The quantitative estimate of drug-likeness (QED) is 0.605. The van der Waals surface area contributed by atoms with E-state index in [1.54, 1.807) is 24.3 Å². The van der Waals surface area contributed by atoms with Crippen molar-refractivity contribution < 1.29 is 17.9 Å². The Morgan fingerprint density at radius 2 is 1.74 bits per heavy atom. The molecule has 1 aliphatic heterocycles. The molecule has 1 N–H and O–H groups in total. The second-order valence-corrected chi connectivity index (χ2v) is 9.55. The third kappa shape index (κ3) is 5.07. The summed E-state index contributed by atoms with van der Waals surface area (Å²) < 4.78 is 32.9. The van der Waals surface area contributed by atoms with Crippen LogP contribution in [-0.2, 0) is 27.8 Å². The summed E-state index contributed by atoms with van der Waals surface area (Å²) in [5, 5.41) is 3.29. The zero-order valence-electron chi connectivity index (χ0n) is 16.6. The van der Waals surface area contributed by atoms with E-state index in [0.29, 0.717) is 29.4 Å². The molecule has 0 atom stereocenters. The van der Waals surface area contributed by atoms with Gasteiger partial charge in [0.15, 0.2) is 6.61 Å². The van der Waals surface area contributed by atoms with Crippen LogP contribution in [0.3, 0.4) is 0 Å². The minimum absolute atomic E-state index is 0.113. The summed E-state index contributed by atoms with van der Waals surface area (Å²) in [6.07, 6.45) is 0.605. The van der Waals surface area contributed by atoms with Crippen molar-refractivity contribution in [2.24, 2.45) is 0 Å². The molecular weight excluding hydrogens is 436 g/mol. The number of anilines is 1. The smallest absolute Gasteiger partial charge is 0.262 e. The Morgan fingerprint density at radius 1 is 1.00 bits per heavy atom. The first-order valence-electron chi connectivity index (χ1n) is 9.77. The summed E-state index contributed by atoms with van der Waals surface area (Å²) in [6.45, 7) is 0.525. The van der Waals surface area contributed by atoms with Gasteiger partial charge in [-0.3, -0.25) is 4.79 Å². The number of nitrogens with zero attached hydrogens (tertiary/aromatic N) is 1. The SMILES string of the molecule is O=C(COc1ccccc1)Nc1ccc2c(c1)CN(S(=O)(=O)c1ccc(Cl)cc1)CC2. The number of rotatable bonds is 6. The van der Waals surface area contributed by atoms with Crippen molar-refractivity contribution in [1.29, 1.82) is 0 Å². The number of hydrogen-bond donors (Lipinski definition) is 1. The molecule has 1 aliphatic rings. The highest BCUT2D eigenvalue weighted by atomic mass is 35.5. The molecule has 31 heavy (non-hydrogen) atoms. The lowest BCUT2D eigenvalue weighted by Gasteiger charge is -2.28. The third-order valence-electron chi connectivity index (χ3n) is 5.03. The monoisotopic (exact) mass is 456 g/mol. The molecule has 6 nitrogen and oxygen atoms in total. The van der Waals surface area contributed by atoms with Crippen molar-refractivity contribution >= 4 is 33.2 Å². The van der Waals surface area contributed by atoms with E-state index in [9.17, 15) is 13.2 Å². The van der Waals surface area contributed by atoms with Gasteiger partial charge >= 0.3 is 0 Å². The van der Waals surface area contributed by atoms with Crippen LogP contribution in [0.4, 0.5) is 5.69 Å². The summed E-state index contributed by atoms with van der Waals surface area (Å²) >= 11 is 5.88. The van der Waals surface area contributed by atoms with Crippen molar-refractivity contribution in [1.82, 2.24) is 4.31 Å². The molecule has 0 saturated carbocycles. The predicted octanol–water partition coefficient (Wildman–Crippen LogP) is 4.10. The zero-order chi connectivity index (χ0) is 21.8. The fraction of sp³-hybridized carbons (Fsp3) is 0.174. The van der Waals surface area contributed by atoms with Crippen molar-refractivity contribution in [2.75, 3.05) is 18.5 Å². The Balaban J connectivity index is 1.44. The number of hydrogen-bond acceptors (Lipinski definition) is 4. The van der Waals surface area contributed by atoms with Gasteiger partial charge in [0, 0.05) is 23.8 Å². The van der Waals surface area contributed by atoms with Crippen LogP contribution in [0.25, 0.3) is 0 Å². The minimum Gasteiger partial charge on any atom is -0.484 e. The molecule has 0 aliphatic carbocycles. The average Bonchev–Trinajstić information content (AvgIpc) is 2.78. The molecule has 1 amide bonds. The Morgan fingerprint density at radius 3 is 2.48 bits per heavy atom. The summed E-state index contributed by atoms with van der Waals surface area (Å²) in [5.41, 5.74) is 2.54. The third-order valence-corrected chi connectivity index (χ3v) is 7.14. The average molecular weight is 457 g/mol. The van der Waals surface area contributed by atoms with Crippen molar-refractivity contribution in [3.05, 3.63) is 88.9 Å². The summed E-state index contributed by atoms with van der Waals surface area (Å²) in [5.74, 6) is 0.330. The lowest BCUT2D eigenvalue weighted by molar-refractivity contribution is -0.118. The highest BCUT2D eigenvalue weighted by molar-refractivity contribution is 7.89. The summed E-state index contributed by atoms with van der Waals surface area (Å²) in [6, 6.07) is 20.8. The molecule has 8 heteroatoms. The van der Waals surface area contributed by atoms with Gasteiger partial charge in [0.1, 0.15) is 5.75 Å². The molecule has 0 radical (unpaired) electrons. The first-order valence-corrected chi connectivity index (χ1v) is 11.6. The lowest BCUT2D eigenvalue weighted by Crippen LogP contribution is -2.36. The standard InChI is InChI=1S/C23H21ClN2O4S/c24-19-7-10-22(11-8-19)31(28,29)26-13-12-17-6-9-20(14-18(17)15-26)25-23(27)16-30-21-4-2-1-3-5-21/h1-11,14H,12-13,15-16H2,(H,25,27). The molecule has 0 fully saturated rings. The number of fused-ring (bicyclic) bond motifs is 1. The van der Waals surface area contributed by atoms with E-state index in [2.05, 4.69) is 5.32 Å². The summed E-state index contributed by atoms with van der Waals surface area (Å²) in [4.78, 5) is 12.4. The second-order valence-electron chi connectivity index (χ2n) is 7.18. The van der Waals surface area contributed by atoms with Gasteiger partial charge in [0.05, 0.1) is 4.90 Å². The van der Waals surface area contributed by atoms with E-state index in [1.807, 2.05) is 36.4 Å². The van der Waals surface area contributed by atoms with Crippen LogP contribution in [0.2, 0.25) is 5.02 Å². The topological polar surface area (TPSA) is 75.7 Å². The number of halogens is 1. The molecule has 0 spiro atoms. The fourth-order valence-corrected chi connectivity index (χ4v) is 4.98. The number of benzene rings is 3. The van der Waals surface area contributed by atoms with Gasteiger partial charge in [-0.25, -0.2) is 8.42 Å². The number of sulfonamides is 1. The Kier molecular flexibility index (Phi) is 6.27. The lowest BCUT2D eigenvalue weighted by atomic mass is 10.0. The van der Waals surface area contributed by atoms with E-state index >= 15 is 0 Å². The molecule has 0 aromatic heterocycles. The highest BCUT2D eigenvalue weighted by Crippen LogP contribution is 2.27. The fourth-order valence-electron chi connectivity index (χ4n) is 3.43. The number of nitrogens with one attached hydrogen (secondary N) is 1. The maximum absolute atomic E-state index is 13.0. The van der Waals surface area contributed by atoms with E-state index in [0.717, 1.165) is 11.1 Å². The Labute approximate surface area is 186 Å². The molecule has 160 valence electrons. The number of para-hydroxylation sites is 1. The Hall–Kier alpha value is -2.87. The first-order chi connectivity index (χ1) is 14.9. The zero-order valence-corrected chi connectivity index (χ0v) is 18.2. The largest absolute Gasteiger partial charge is 0.484 e. The molecule has 0 bridgehead atoms. The molecule has 4 rings (SSSR count). The van der Waals surface area contributed by atoms with E-state index in [-0.39, 0.29) is 24.0 Å². The molecule has 1 heterocycles. The van der Waals surface area contributed by atoms with Gasteiger partial charge in [-0.1, -0.05) is 35.9 Å². The molecule has 3 aromatic carbocycles. The maximum Gasteiger partial charge on any atom is 0.262 e. The molecule has 3 aromatic rings. The van der Waals surface area contributed by atoms with Crippen LogP contribution in [-0.4, -0.2) is 31.8 Å². The van der Waals surface area contributed by atoms with Gasteiger partial charge in [0.2, 0.25) is 10.0 Å². The van der Waals surface area contributed by atoms with Gasteiger partial charge in [-0.2, -0.15) is 4.31 Å². The van der Waals surface area contributed by atoms with Crippen LogP contribution < -0.4 is 10.1 Å². The predicted molar refractivity (Wildman–Crippen MR) is 120 cm³/mol. The van der Waals surface area contributed by atoms with Crippen molar-refractivity contribution in [2.45, 2.75) is 17.9 Å². The summed E-state index contributed by atoms with van der Waals surface area (Å²) in [7, 11) is -3.63. The second kappa shape index (κ2) is 9.09. The number of amides is 1. The van der Waals surface area contributed by atoms with E-state index < -0.39 is 10.0 Å². The van der Waals surface area contributed by atoms with Gasteiger partial charge < -0.3 is 10.1 Å². The van der Waals surface area contributed by atoms with Crippen LogP contribution in [0.15, 0.2) is 77.7 Å². The highest BCUT2D eigenvalue weighted by Gasteiger charge is 2.28. The van der Waals surface area contributed by atoms with E-state index in [1.165, 1.54) is 16.4 Å². The van der Waals surface area contributed by atoms with Gasteiger partial charge in [0.25, 0.3) is 5.91 Å². The van der Waals surface area contributed by atoms with Crippen LogP contribution >= 0.6 is 11.6 Å². The van der Waals surface area contributed by atoms with Crippen LogP contribution in [0.5, 0.6) is 5.75 Å². The van der Waals surface area contributed by atoms with Gasteiger partial charge in [-0.05, 0) is 66.1 Å². The molecule has 0 saturated heterocycles. The number of ether oxygens (including phenoxy) is 1. The van der Waals surface area contributed by atoms with E-state index in [4.69, 9.17) is 16.3 Å². The van der Waals surface area contributed by atoms with Crippen LogP contribution in [0, 0.1) is 0 Å². The Bertz CT molecular complexity index is 1180. The van der Waals surface area contributed by atoms with Gasteiger partial charge in [-0.15, -0.1) is 0 Å². The van der Waals surface area contributed by atoms with Crippen LogP contribution in [0.1, 0.15) is 11.1 Å². The minimum atomic E-state index is -3.63. The maximum atomic E-state index is 13.0. The molecular formula is C23H21ClN2O4S. The number of carbonyl (C=O) groups excluding carboxylic acids is 1.